The van der Waals surface area contributed by atoms with E-state index in [4.69, 9.17) is 9.72 Å². The zero-order chi connectivity index (χ0) is 40.0. The molecule has 0 spiro atoms. The highest BCUT2D eigenvalue weighted by Crippen LogP contribution is 2.56. The predicted octanol–water partition coefficient (Wildman–Crippen LogP) is 14.4. The molecule has 0 aliphatic heterocycles. The average Bonchev–Trinajstić information content (AvgIpc) is 3.63. The summed E-state index contributed by atoms with van der Waals surface area (Å²) in [6.45, 7) is 0. The van der Waals surface area contributed by atoms with Crippen LogP contribution in [0.5, 0.6) is 5.75 Å². The topological polar surface area (TPSA) is 25.4 Å². The highest BCUT2D eigenvalue weighted by molar-refractivity contribution is 5.99. The van der Waals surface area contributed by atoms with Gasteiger partial charge >= 0.3 is 0 Å². The Labute approximate surface area is 351 Å². The SMILES string of the molecule is COc1ccc(N(c2ccc(C3(c4cccc(-c5ccc(-c6nccc7c6CCC=C7)cc5)c4)c4ccccc4-c4ccccc43)cc2)c2cccc3ccccc23)cc1. The monoisotopic (exact) mass is 770 g/mol. The number of hydrogen-bond donors (Lipinski definition) is 0. The standard InChI is InChI=1S/C57H42N2O/c1-60-48-34-32-47(33-35-48)59(55-23-11-14-40-12-2-4-17-49(40)55)46-30-28-44(29-31-46)57(53-21-8-6-19-51(53)52-20-7-9-22-54(52)57)45-16-10-15-43(38-45)39-24-26-42(27-25-39)56-50-18-5-3-13-41(50)36-37-58-56/h2-4,6-17,19-38H,5,18H2,1H3. The maximum absolute atomic E-state index is 5.57. The third-order valence-corrected chi connectivity index (χ3v) is 12.6. The van der Waals surface area contributed by atoms with Crippen LogP contribution < -0.4 is 9.64 Å². The maximum Gasteiger partial charge on any atom is 0.119 e. The number of hydrogen-bond acceptors (Lipinski definition) is 3. The molecule has 8 aromatic carbocycles. The lowest BCUT2D eigenvalue weighted by Crippen LogP contribution is -2.28. The van der Waals surface area contributed by atoms with Crippen molar-refractivity contribution in [2.75, 3.05) is 12.0 Å². The molecule has 0 N–H and O–H groups in total. The molecule has 0 saturated heterocycles. The average molecular weight is 771 g/mol. The summed E-state index contributed by atoms with van der Waals surface area (Å²) in [5.41, 5.74) is 17.5. The molecular formula is C57H42N2O. The Morgan fingerprint density at radius 2 is 1.20 bits per heavy atom. The van der Waals surface area contributed by atoms with Crippen LogP contribution in [0.15, 0.2) is 206 Å². The van der Waals surface area contributed by atoms with Crippen LogP contribution in [-0.4, -0.2) is 12.1 Å². The second-order valence-electron chi connectivity index (χ2n) is 15.7. The molecule has 286 valence electrons. The number of rotatable bonds is 8. The zero-order valence-corrected chi connectivity index (χ0v) is 33.4. The number of aromatic nitrogens is 1. The lowest BCUT2D eigenvalue weighted by atomic mass is 9.67. The lowest BCUT2D eigenvalue weighted by Gasteiger charge is -2.35. The molecule has 0 saturated carbocycles. The Kier molecular flexibility index (Phi) is 8.74. The van der Waals surface area contributed by atoms with E-state index in [-0.39, 0.29) is 0 Å². The van der Waals surface area contributed by atoms with Gasteiger partial charge in [0.15, 0.2) is 0 Å². The Hall–Kier alpha value is -7.49. The summed E-state index contributed by atoms with van der Waals surface area (Å²) in [5, 5.41) is 2.39. The summed E-state index contributed by atoms with van der Waals surface area (Å²) in [5.74, 6) is 0.829. The number of pyridine rings is 1. The minimum atomic E-state index is -0.549. The van der Waals surface area contributed by atoms with Crippen LogP contribution >= 0.6 is 0 Å². The van der Waals surface area contributed by atoms with Gasteiger partial charge in [-0.2, -0.15) is 0 Å². The minimum absolute atomic E-state index is 0.549. The summed E-state index contributed by atoms with van der Waals surface area (Å²) in [4.78, 5) is 7.20. The van der Waals surface area contributed by atoms with E-state index in [9.17, 15) is 0 Å². The predicted molar refractivity (Wildman–Crippen MR) is 249 cm³/mol. The molecule has 3 heteroatoms. The van der Waals surface area contributed by atoms with Crippen molar-refractivity contribution >= 4 is 33.9 Å². The van der Waals surface area contributed by atoms with Crippen molar-refractivity contribution in [3.63, 3.8) is 0 Å². The first-order chi connectivity index (χ1) is 29.7. The van der Waals surface area contributed by atoms with E-state index in [0.717, 1.165) is 46.9 Å². The Morgan fingerprint density at radius 1 is 0.550 bits per heavy atom. The van der Waals surface area contributed by atoms with Gasteiger partial charge in [0.2, 0.25) is 0 Å². The Morgan fingerprint density at radius 3 is 1.95 bits per heavy atom. The molecule has 1 aromatic heterocycles. The number of nitrogens with zero attached hydrogens (tertiary/aromatic N) is 2. The van der Waals surface area contributed by atoms with E-state index in [1.165, 1.54) is 66.4 Å². The first-order valence-corrected chi connectivity index (χ1v) is 20.8. The number of ether oxygens (including phenoxy) is 1. The summed E-state index contributed by atoms with van der Waals surface area (Å²) < 4.78 is 5.57. The van der Waals surface area contributed by atoms with Gasteiger partial charge in [-0.05, 0) is 128 Å². The zero-order valence-electron chi connectivity index (χ0n) is 33.4. The lowest BCUT2D eigenvalue weighted by molar-refractivity contribution is 0.415. The fourth-order valence-electron chi connectivity index (χ4n) is 9.81. The van der Waals surface area contributed by atoms with Crippen molar-refractivity contribution in [3.05, 3.63) is 240 Å². The van der Waals surface area contributed by atoms with Gasteiger partial charge < -0.3 is 9.64 Å². The molecule has 60 heavy (non-hydrogen) atoms. The van der Waals surface area contributed by atoms with Crippen LogP contribution in [0.4, 0.5) is 17.1 Å². The van der Waals surface area contributed by atoms with Crippen LogP contribution in [0.3, 0.4) is 0 Å². The third kappa shape index (κ3) is 5.77. The molecular weight excluding hydrogens is 729 g/mol. The van der Waals surface area contributed by atoms with E-state index in [1.54, 1.807) is 7.11 Å². The van der Waals surface area contributed by atoms with Gasteiger partial charge in [0, 0.05) is 28.5 Å². The summed E-state index contributed by atoms with van der Waals surface area (Å²) >= 11 is 0. The molecule has 0 bridgehead atoms. The molecule has 11 rings (SSSR count). The molecule has 0 radical (unpaired) electrons. The van der Waals surface area contributed by atoms with Gasteiger partial charge in [0.1, 0.15) is 5.75 Å². The third-order valence-electron chi connectivity index (χ3n) is 12.6. The molecule has 1 heterocycles. The number of methoxy groups -OCH3 is 1. The smallest absolute Gasteiger partial charge is 0.119 e. The van der Waals surface area contributed by atoms with Gasteiger partial charge in [0.25, 0.3) is 0 Å². The van der Waals surface area contributed by atoms with E-state index >= 15 is 0 Å². The molecule has 0 atom stereocenters. The van der Waals surface area contributed by atoms with Crippen LogP contribution in [0, 0.1) is 0 Å². The van der Waals surface area contributed by atoms with E-state index < -0.39 is 5.41 Å². The summed E-state index contributed by atoms with van der Waals surface area (Å²) in [6, 6.07) is 71.0. The van der Waals surface area contributed by atoms with Gasteiger partial charge in [-0.15, -0.1) is 0 Å². The number of fused-ring (bicyclic) bond motifs is 5. The van der Waals surface area contributed by atoms with Crippen molar-refractivity contribution in [2.45, 2.75) is 18.3 Å². The highest BCUT2D eigenvalue weighted by atomic mass is 16.5. The molecule has 9 aromatic rings. The minimum Gasteiger partial charge on any atom is -0.497 e. The fourth-order valence-corrected chi connectivity index (χ4v) is 9.81. The Bertz CT molecular complexity index is 3020. The second-order valence-corrected chi connectivity index (χ2v) is 15.7. The van der Waals surface area contributed by atoms with Crippen molar-refractivity contribution in [1.82, 2.24) is 4.98 Å². The number of benzene rings is 8. The van der Waals surface area contributed by atoms with Crippen LogP contribution in [0.25, 0.3) is 50.4 Å². The Balaban J connectivity index is 1.06. The second kappa shape index (κ2) is 14.7. The van der Waals surface area contributed by atoms with E-state index in [0.29, 0.717) is 0 Å². The van der Waals surface area contributed by atoms with Crippen molar-refractivity contribution in [1.29, 1.82) is 0 Å². The van der Waals surface area contributed by atoms with E-state index in [1.807, 2.05) is 18.3 Å². The normalized spacial score (nSPS) is 13.3. The maximum atomic E-state index is 5.57. The van der Waals surface area contributed by atoms with Gasteiger partial charge in [-0.1, -0.05) is 152 Å². The van der Waals surface area contributed by atoms with Crippen molar-refractivity contribution < 1.29 is 4.74 Å². The summed E-state index contributed by atoms with van der Waals surface area (Å²) in [7, 11) is 1.71. The highest BCUT2D eigenvalue weighted by Gasteiger charge is 2.46. The number of anilines is 3. The van der Waals surface area contributed by atoms with Crippen molar-refractivity contribution in [2.24, 2.45) is 0 Å². The van der Waals surface area contributed by atoms with E-state index in [2.05, 4.69) is 199 Å². The molecule has 2 aliphatic rings. The molecule has 0 unspecified atom stereocenters. The van der Waals surface area contributed by atoms with Crippen molar-refractivity contribution in [3.8, 4) is 39.3 Å². The molecule has 2 aliphatic carbocycles. The quantitative estimate of drug-likeness (QED) is 0.154. The van der Waals surface area contributed by atoms with Gasteiger partial charge in [-0.25, -0.2) is 0 Å². The largest absolute Gasteiger partial charge is 0.497 e. The van der Waals surface area contributed by atoms with Crippen LogP contribution in [0.1, 0.15) is 39.8 Å². The fraction of sp³-hybridized carbons (Fsp3) is 0.0702. The van der Waals surface area contributed by atoms with Gasteiger partial charge in [-0.3, -0.25) is 4.98 Å². The molecule has 0 amide bonds. The van der Waals surface area contributed by atoms with Crippen LogP contribution in [-0.2, 0) is 11.8 Å². The first-order valence-electron chi connectivity index (χ1n) is 20.8. The van der Waals surface area contributed by atoms with Crippen LogP contribution in [0.2, 0.25) is 0 Å². The molecule has 0 fully saturated rings. The summed E-state index contributed by atoms with van der Waals surface area (Å²) in [6.07, 6.45) is 8.50. The number of allylic oxidation sites excluding steroid dienone is 1. The van der Waals surface area contributed by atoms with Gasteiger partial charge in [0.05, 0.1) is 23.9 Å². The first kappa shape index (κ1) is 35.7. The molecule has 3 nitrogen and oxygen atoms in total.